The van der Waals surface area contributed by atoms with Crippen molar-refractivity contribution < 1.29 is 18.3 Å². The van der Waals surface area contributed by atoms with Gasteiger partial charge in [0.15, 0.2) is 17.6 Å². The molecular weight excluding hydrogens is 505 g/mol. The van der Waals surface area contributed by atoms with E-state index >= 15 is 0 Å². The minimum atomic E-state index is -0.929. The fraction of sp³-hybridized carbons (Fsp3) is 0.619. The fourth-order valence-electron chi connectivity index (χ4n) is 3.43. The highest BCUT2D eigenvalue weighted by molar-refractivity contribution is 14.0. The van der Waals surface area contributed by atoms with E-state index in [-0.39, 0.29) is 54.2 Å². The second-order valence-corrected chi connectivity index (χ2v) is 7.18. The summed E-state index contributed by atoms with van der Waals surface area (Å²) in [6, 6.07) is 3.71. The zero-order valence-electron chi connectivity index (χ0n) is 17.9. The Labute approximate surface area is 194 Å². The number of guanidine groups is 1. The van der Waals surface area contributed by atoms with E-state index in [1.54, 1.807) is 7.05 Å². The van der Waals surface area contributed by atoms with Gasteiger partial charge in [-0.3, -0.25) is 9.79 Å². The van der Waals surface area contributed by atoms with Crippen LogP contribution in [-0.2, 0) is 4.79 Å². The van der Waals surface area contributed by atoms with Crippen molar-refractivity contribution >= 4 is 35.8 Å². The van der Waals surface area contributed by atoms with E-state index in [1.165, 1.54) is 6.07 Å². The molecule has 9 heteroatoms. The molecule has 1 saturated heterocycles. The molecule has 2 rings (SSSR count). The van der Waals surface area contributed by atoms with Crippen LogP contribution in [0, 0.1) is 17.6 Å². The molecule has 6 nitrogen and oxygen atoms in total. The van der Waals surface area contributed by atoms with Gasteiger partial charge in [0.2, 0.25) is 5.91 Å². The van der Waals surface area contributed by atoms with E-state index in [0.29, 0.717) is 12.5 Å². The SMILES string of the molecule is CCC(CC)C(=O)N1CCC(NC(=NC)NCCOc2ccc(F)c(F)c2)CC1.I. The van der Waals surface area contributed by atoms with Crippen molar-refractivity contribution in [2.24, 2.45) is 10.9 Å². The lowest BCUT2D eigenvalue weighted by molar-refractivity contribution is -0.136. The number of rotatable bonds is 8. The number of piperidine rings is 1. The minimum Gasteiger partial charge on any atom is -0.492 e. The number of likely N-dealkylation sites (tertiary alicyclic amines) is 1. The van der Waals surface area contributed by atoms with Gasteiger partial charge in [0.05, 0.1) is 6.54 Å². The summed E-state index contributed by atoms with van der Waals surface area (Å²) in [7, 11) is 1.69. The molecule has 0 bridgehead atoms. The number of aliphatic imine (C=N–C) groups is 1. The van der Waals surface area contributed by atoms with Crippen LogP contribution in [0.2, 0.25) is 0 Å². The van der Waals surface area contributed by atoms with Crippen molar-refractivity contribution in [2.75, 3.05) is 33.3 Å². The zero-order valence-corrected chi connectivity index (χ0v) is 20.2. The Morgan fingerprint density at radius 3 is 2.47 bits per heavy atom. The molecule has 0 radical (unpaired) electrons. The van der Waals surface area contributed by atoms with Crippen molar-refractivity contribution in [3.63, 3.8) is 0 Å². The first kappa shape index (κ1) is 26.4. The van der Waals surface area contributed by atoms with E-state index in [4.69, 9.17) is 4.74 Å². The molecule has 1 amide bonds. The number of amides is 1. The highest BCUT2D eigenvalue weighted by Crippen LogP contribution is 2.17. The van der Waals surface area contributed by atoms with Crippen LogP contribution >= 0.6 is 24.0 Å². The average Bonchev–Trinajstić information content (AvgIpc) is 2.74. The minimum absolute atomic E-state index is 0. The Morgan fingerprint density at radius 1 is 1.23 bits per heavy atom. The third-order valence-electron chi connectivity index (χ3n) is 5.26. The molecule has 0 spiro atoms. The van der Waals surface area contributed by atoms with Crippen molar-refractivity contribution in [1.29, 1.82) is 0 Å². The van der Waals surface area contributed by atoms with Gasteiger partial charge in [-0.1, -0.05) is 13.8 Å². The molecule has 2 N–H and O–H groups in total. The molecule has 1 aromatic rings. The van der Waals surface area contributed by atoms with Gasteiger partial charge in [0, 0.05) is 38.2 Å². The van der Waals surface area contributed by atoms with Gasteiger partial charge in [-0.2, -0.15) is 0 Å². The zero-order chi connectivity index (χ0) is 21.2. The topological polar surface area (TPSA) is 66.0 Å². The number of halogens is 3. The second kappa shape index (κ2) is 13.6. The normalized spacial score (nSPS) is 15.0. The molecule has 0 unspecified atom stereocenters. The maximum absolute atomic E-state index is 13.2. The lowest BCUT2D eigenvalue weighted by Crippen LogP contribution is -2.51. The van der Waals surface area contributed by atoms with Gasteiger partial charge in [0.25, 0.3) is 0 Å². The van der Waals surface area contributed by atoms with E-state index in [9.17, 15) is 13.6 Å². The fourth-order valence-corrected chi connectivity index (χ4v) is 3.43. The molecule has 1 aromatic carbocycles. The Hall–Kier alpha value is -1.65. The number of nitrogens with one attached hydrogen (secondary N) is 2. The smallest absolute Gasteiger partial charge is 0.225 e. The summed E-state index contributed by atoms with van der Waals surface area (Å²) < 4.78 is 31.5. The summed E-state index contributed by atoms with van der Waals surface area (Å²) in [6.45, 7) is 6.38. The van der Waals surface area contributed by atoms with Crippen LogP contribution in [0.4, 0.5) is 8.78 Å². The maximum Gasteiger partial charge on any atom is 0.225 e. The summed E-state index contributed by atoms with van der Waals surface area (Å²) in [5, 5.41) is 6.52. The van der Waals surface area contributed by atoms with Crippen molar-refractivity contribution in [1.82, 2.24) is 15.5 Å². The molecule has 1 heterocycles. The molecule has 1 aliphatic rings. The second-order valence-electron chi connectivity index (χ2n) is 7.18. The summed E-state index contributed by atoms with van der Waals surface area (Å²) >= 11 is 0. The van der Waals surface area contributed by atoms with Gasteiger partial charge in [-0.15, -0.1) is 24.0 Å². The largest absolute Gasteiger partial charge is 0.492 e. The number of ether oxygens (including phenoxy) is 1. The first-order chi connectivity index (χ1) is 14.0. The Kier molecular flexibility index (Phi) is 12.0. The van der Waals surface area contributed by atoms with E-state index in [2.05, 4.69) is 29.5 Å². The number of hydrogen-bond donors (Lipinski definition) is 2. The first-order valence-corrected chi connectivity index (χ1v) is 10.3. The van der Waals surface area contributed by atoms with Gasteiger partial charge >= 0.3 is 0 Å². The summed E-state index contributed by atoms with van der Waals surface area (Å²) in [5.74, 6) is -0.490. The molecule has 1 aliphatic heterocycles. The summed E-state index contributed by atoms with van der Waals surface area (Å²) in [4.78, 5) is 18.7. The summed E-state index contributed by atoms with van der Waals surface area (Å²) in [6.07, 6.45) is 3.52. The van der Waals surface area contributed by atoms with E-state index in [1.807, 2.05) is 4.90 Å². The molecular formula is C21H33F2IN4O2. The number of carbonyl (C=O) groups excluding carboxylic acids is 1. The van der Waals surface area contributed by atoms with E-state index in [0.717, 1.165) is 50.9 Å². The number of hydrogen-bond acceptors (Lipinski definition) is 3. The Bertz CT molecular complexity index is 694. The predicted molar refractivity (Wildman–Crippen MR) is 125 cm³/mol. The molecule has 30 heavy (non-hydrogen) atoms. The predicted octanol–water partition coefficient (Wildman–Crippen LogP) is 3.55. The highest BCUT2D eigenvalue weighted by atomic mass is 127. The Balaban J connectivity index is 0.00000450. The molecule has 170 valence electrons. The van der Waals surface area contributed by atoms with Crippen LogP contribution in [0.1, 0.15) is 39.5 Å². The number of benzene rings is 1. The van der Waals surface area contributed by atoms with Crippen molar-refractivity contribution in [3.05, 3.63) is 29.8 Å². The van der Waals surface area contributed by atoms with E-state index < -0.39 is 11.6 Å². The molecule has 0 atom stereocenters. The van der Waals surface area contributed by atoms with Gasteiger partial charge < -0.3 is 20.3 Å². The van der Waals surface area contributed by atoms with Crippen LogP contribution in [0.5, 0.6) is 5.75 Å². The van der Waals surface area contributed by atoms with Gasteiger partial charge in [0.1, 0.15) is 12.4 Å². The third kappa shape index (κ3) is 7.88. The van der Waals surface area contributed by atoms with Crippen LogP contribution in [-0.4, -0.2) is 56.1 Å². The quantitative estimate of drug-likeness (QED) is 0.230. The Morgan fingerprint density at radius 2 is 1.90 bits per heavy atom. The van der Waals surface area contributed by atoms with Crippen molar-refractivity contribution in [2.45, 2.75) is 45.6 Å². The van der Waals surface area contributed by atoms with Crippen LogP contribution in [0.3, 0.4) is 0 Å². The lowest BCUT2D eigenvalue weighted by Gasteiger charge is -2.34. The molecule has 0 saturated carbocycles. The molecule has 0 aromatic heterocycles. The molecule has 1 fully saturated rings. The maximum atomic E-state index is 13.2. The number of nitrogens with zero attached hydrogens (tertiary/aromatic N) is 2. The van der Waals surface area contributed by atoms with Gasteiger partial charge in [-0.25, -0.2) is 8.78 Å². The van der Waals surface area contributed by atoms with Crippen LogP contribution in [0.15, 0.2) is 23.2 Å². The standard InChI is InChI=1S/C21H32F2N4O2.HI/c1-4-15(5-2)20(28)27-11-8-16(9-12-27)26-21(24-3)25-10-13-29-17-6-7-18(22)19(23)14-17;/h6-7,14-16H,4-5,8-13H2,1-3H3,(H2,24,25,26);1H. The first-order valence-electron chi connectivity index (χ1n) is 10.3. The third-order valence-corrected chi connectivity index (χ3v) is 5.26. The number of carbonyl (C=O) groups is 1. The van der Waals surface area contributed by atoms with Crippen LogP contribution in [0.25, 0.3) is 0 Å². The highest BCUT2D eigenvalue weighted by Gasteiger charge is 2.26. The van der Waals surface area contributed by atoms with Gasteiger partial charge in [-0.05, 0) is 37.8 Å². The van der Waals surface area contributed by atoms with Crippen molar-refractivity contribution in [3.8, 4) is 5.75 Å². The van der Waals surface area contributed by atoms with Crippen LogP contribution < -0.4 is 15.4 Å². The average molecular weight is 538 g/mol. The molecule has 0 aliphatic carbocycles. The monoisotopic (exact) mass is 538 g/mol. The summed E-state index contributed by atoms with van der Waals surface area (Å²) in [5.41, 5.74) is 0. The lowest BCUT2D eigenvalue weighted by atomic mass is 9.98.